The normalized spacial score (nSPS) is 16.7. The maximum absolute atomic E-state index is 5.24. The molecule has 0 spiro atoms. The summed E-state index contributed by atoms with van der Waals surface area (Å²) >= 11 is 0. The van der Waals surface area contributed by atoms with E-state index in [4.69, 9.17) is 4.74 Å². The predicted molar refractivity (Wildman–Crippen MR) is 108 cm³/mol. The highest BCUT2D eigenvalue weighted by Crippen LogP contribution is 2.25. The first-order chi connectivity index (χ1) is 12.7. The number of nitrogens with zero attached hydrogens (tertiary/aromatic N) is 6. The van der Waals surface area contributed by atoms with Gasteiger partial charge in [0.05, 0.1) is 19.7 Å². The first-order valence-corrected chi connectivity index (χ1v) is 9.60. The van der Waals surface area contributed by atoms with Gasteiger partial charge in [-0.05, 0) is 41.1 Å². The van der Waals surface area contributed by atoms with E-state index in [1.807, 2.05) is 16.8 Å². The van der Waals surface area contributed by atoms with Gasteiger partial charge in [-0.2, -0.15) is 0 Å². The molecule has 7 nitrogen and oxygen atoms in total. The van der Waals surface area contributed by atoms with Crippen molar-refractivity contribution < 1.29 is 4.74 Å². The van der Waals surface area contributed by atoms with Gasteiger partial charge in [0.25, 0.3) is 0 Å². The van der Waals surface area contributed by atoms with Gasteiger partial charge in [0.1, 0.15) is 5.75 Å². The number of benzene rings is 1. The minimum absolute atomic E-state index is 0. The molecule has 0 amide bonds. The molecule has 0 saturated carbocycles. The Balaban J connectivity index is 0.00000261. The highest BCUT2D eigenvalue weighted by Gasteiger charge is 2.28. The number of aromatic nitrogens is 4. The van der Waals surface area contributed by atoms with Crippen molar-refractivity contribution in [1.82, 2.24) is 30.0 Å². The maximum atomic E-state index is 5.24. The largest absolute Gasteiger partial charge is 0.497 e. The first kappa shape index (κ1) is 21.6. The van der Waals surface area contributed by atoms with Crippen LogP contribution in [0.1, 0.15) is 44.1 Å². The van der Waals surface area contributed by atoms with Gasteiger partial charge in [-0.15, -0.1) is 17.5 Å². The van der Waals surface area contributed by atoms with Gasteiger partial charge in [0, 0.05) is 26.2 Å². The molecular formula is C19H31ClN6O. The smallest absolute Gasteiger partial charge is 0.168 e. The van der Waals surface area contributed by atoms with Crippen LogP contribution in [-0.4, -0.2) is 69.8 Å². The number of piperazine rings is 1. The van der Waals surface area contributed by atoms with Crippen LogP contribution in [0.2, 0.25) is 0 Å². The summed E-state index contributed by atoms with van der Waals surface area (Å²) in [6, 6.07) is 8.38. The van der Waals surface area contributed by atoms with Gasteiger partial charge in [-0.3, -0.25) is 4.90 Å². The van der Waals surface area contributed by atoms with Crippen molar-refractivity contribution in [2.45, 2.75) is 39.3 Å². The standard InChI is InChI=1S/C19H30N6O.ClH/c1-4-6-18(24-13-11-23(5-2)12-14-24)19-20-21-22-25(19)15-16-7-9-17(26-3)10-8-16;/h7-10,18H,4-6,11-15H2,1-3H3;1H. The first-order valence-electron chi connectivity index (χ1n) is 9.60. The molecule has 3 rings (SSSR count). The van der Waals surface area contributed by atoms with Crippen LogP contribution in [0.25, 0.3) is 0 Å². The number of halogens is 1. The van der Waals surface area contributed by atoms with Crippen molar-refractivity contribution in [2.75, 3.05) is 39.8 Å². The van der Waals surface area contributed by atoms with Crippen LogP contribution in [0, 0.1) is 0 Å². The molecule has 1 aliphatic rings. The lowest BCUT2D eigenvalue weighted by atomic mass is 10.1. The Morgan fingerprint density at radius 2 is 1.78 bits per heavy atom. The van der Waals surface area contributed by atoms with Crippen molar-refractivity contribution in [3.8, 4) is 5.75 Å². The second kappa shape index (κ2) is 10.6. The number of hydrogen-bond acceptors (Lipinski definition) is 6. The Kier molecular flexibility index (Phi) is 8.47. The number of tetrazole rings is 1. The quantitative estimate of drug-likeness (QED) is 0.686. The summed E-state index contributed by atoms with van der Waals surface area (Å²) in [5, 5.41) is 12.7. The summed E-state index contributed by atoms with van der Waals surface area (Å²) in [6.45, 7) is 10.7. The molecule has 1 aliphatic heterocycles. The summed E-state index contributed by atoms with van der Waals surface area (Å²) in [5.74, 6) is 1.84. The summed E-state index contributed by atoms with van der Waals surface area (Å²) < 4.78 is 7.19. The average molecular weight is 395 g/mol. The van der Waals surface area contributed by atoms with Gasteiger partial charge in [-0.1, -0.05) is 32.4 Å². The van der Waals surface area contributed by atoms with Crippen molar-refractivity contribution in [2.24, 2.45) is 0 Å². The molecule has 2 heterocycles. The lowest BCUT2D eigenvalue weighted by Crippen LogP contribution is -2.47. The third-order valence-corrected chi connectivity index (χ3v) is 5.21. The summed E-state index contributed by atoms with van der Waals surface area (Å²) in [7, 11) is 1.68. The molecule has 27 heavy (non-hydrogen) atoms. The Morgan fingerprint density at radius 3 is 2.37 bits per heavy atom. The lowest BCUT2D eigenvalue weighted by Gasteiger charge is -2.38. The molecule has 0 bridgehead atoms. The molecule has 0 N–H and O–H groups in total. The molecule has 2 aromatic rings. The van der Waals surface area contributed by atoms with E-state index < -0.39 is 0 Å². The summed E-state index contributed by atoms with van der Waals surface area (Å²) in [4.78, 5) is 5.05. The zero-order valence-corrected chi connectivity index (χ0v) is 17.4. The van der Waals surface area contributed by atoms with Gasteiger partial charge in [0.15, 0.2) is 5.82 Å². The second-order valence-corrected chi connectivity index (χ2v) is 6.82. The summed E-state index contributed by atoms with van der Waals surface area (Å²) in [6.07, 6.45) is 2.20. The fraction of sp³-hybridized carbons (Fsp3) is 0.632. The van der Waals surface area contributed by atoms with E-state index in [9.17, 15) is 0 Å². The van der Waals surface area contributed by atoms with E-state index in [1.54, 1.807) is 7.11 Å². The number of rotatable bonds is 8. The zero-order chi connectivity index (χ0) is 18.4. The van der Waals surface area contributed by atoms with Gasteiger partial charge < -0.3 is 9.64 Å². The molecule has 1 aromatic heterocycles. The Bertz CT molecular complexity index is 669. The second-order valence-electron chi connectivity index (χ2n) is 6.82. The topological polar surface area (TPSA) is 59.3 Å². The van der Waals surface area contributed by atoms with Crippen molar-refractivity contribution in [1.29, 1.82) is 0 Å². The number of hydrogen-bond donors (Lipinski definition) is 0. The molecule has 150 valence electrons. The minimum atomic E-state index is 0. The molecule has 0 aliphatic carbocycles. The van der Waals surface area contributed by atoms with Gasteiger partial charge in [0.2, 0.25) is 0 Å². The monoisotopic (exact) mass is 394 g/mol. The molecule has 1 aromatic carbocycles. The molecular weight excluding hydrogens is 364 g/mol. The molecule has 1 atom stereocenters. The molecule has 1 fully saturated rings. The highest BCUT2D eigenvalue weighted by atomic mass is 35.5. The SMILES string of the molecule is CCCC(c1nnnn1Cc1ccc(OC)cc1)N1CCN(CC)CC1.Cl. The fourth-order valence-electron chi connectivity index (χ4n) is 3.61. The Labute approximate surface area is 168 Å². The van der Waals surface area contributed by atoms with E-state index in [0.717, 1.165) is 57.1 Å². The van der Waals surface area contributed by atoms with Crippen LogP contribution in [0.15, 0.2) is 24.3 Å². The van der Waals surface area contributed by atoms with Crippen molar-refractivity contribution >= 4 is 12.4 Å². The van der Waals surface area contributed by atoms with Crippen LogP contribution in [0.4, 0.5) is 0 Å². The summed E-state index contributed by atoms with van der Waals surface area (Å²) in [5.41, 5.74) is 1.17. The average Bonchev–Trinajstić information content (AvgIpc) is 3.14. The van der Waals surface area contributed by atoms with Crippen molar-refractivity contribution in [3.63, 3.8) is 0 Å². The van der Waals surface area contributed by atoms with Gasteiger partial charge in [-0.25, -0.2) is 4.68 Å². The van der Waals surface area contributed by atoms with E-state index in [-0.39, 0.29) is 18.4 Å². The third-order valence-electron chi connectivity index (χ3n) is 5.21. The minimum Gasteiger partial charge on any atom is -0.497 e. The van der Waals surface area contributed by atoms with E-state index in [1.165, 1.54) is 5.56 Å². The maximum Gasteiger partial charge on any atom is 0.168 e. The molecule has 0 radical (unpaired) electrons. The molecule has 1 unspecified atom stereocenters. The number of likely N-dealkylation sites (N-methyl/N-ethyl adjacent to an activating group) is 1. The van der Waals surface area contributed by atoms with Crippen LogP contribution in [0.5, 0.6) is 5.75 Å². The number of methoxy groups -OCH3 is 1. The van der Waals surface area contributed by atoms with Crippen LogP contribution < -0.4 is 4.74 Å². The zero-order valence-electron chi connectivity index (χ0n) is 16.5. The molecule has 1 saturated heterocycles. The Morgan fingerprint density at radius 1 is 1.07 bits per heavy atom. The van der Waals surface area contributed by atoms with E-state index >= 15 is 0 Å². The lowest BCUT2D eigenvalue weighted by molar-refractivity contribution is 0.0889. The molecule has 8 heteroatoms. The fourth-order valence-corrected chi connectivity index (χ4v) is 3.61. The van der Waals surface area contributed by atoms with E-state index in [2.05, 4.69) is 51.3 Å². The van der Waals surface area contributed by atoms with Gasteiger partial charge >= 0.3 is 0 Å². The number of ether oxygens (including phenoxy) is 1. The highest BCUT2D eigenvalue weighted by molar-refractivity contribution is 5.85. The van der Waals surface area contributed by atoms with Crippen LogP contribution >= 0.6 is 12.4 Å². The van der Waals surface area contributed by atoms with Crippen LogP contribution in [0.3, 0.4) is 0 Å². The Hall–Kier alpha value is -1.70. The predicted octanol–water partition coefficient (Wildman–Crippen LogP) is 2.63. The third kappa shape index (κ3) is 5.40. The van der Waals surface area contributed by atoms with Crippen LogP contribution in [-0.2, 0) is 6.54 Å². The van der Waals surface area contributed by atoms with Crippen molar-refractivity contribution in [3.05, 3.63) is 35.7 Å². The van der Waals surface area contributed by atoms with E-state index in [0.29, 0.717) is 6.54 Å².